The van der Waals surface area contributed by atoms with Crippen LogP contribution in [0.3, 0.4) is 0 Å². The molecule has 0 amide bonds. The molecule has 1 aliphatic rings. The lowest BCUT2D eigenvalue weighted by Gasteiger charge is -2.24. The Morgan fingerprint density at radius 1 is 1.24 bits per heavy atom. The number of hydrogen-bond acceptors (Lipinski definition) is 3. The minimum atomic E-state index is 0.433. The number of nitrogens with zero attached hydrogens (tertiary/aromatic N) is 1. The van der Waals surface area contributed by atoms with Gasteiger partial charge in [0.15, 0.2) is 0 Å². The van der Waals surface area contributed by atoms with Gasteiger partial charge in [0.1, 0.15) is 0 Å². The Balaban J connectivity index is 2.20. The summed E-state index contributed by atoms with van der Waals surface area (Å²) in [7, 11) is 0. The molecular weight excluding hydrogens is 212 g/mol. The van der Waals surface area contributed by atoms with Crippen LogP contribution in [-0.2, 0) is 4.74 Å². The van der Waals surface area contributed by atoms with Crippen molar-refractivity contribution in [1.82, 2.24) is 10.2 Å². The first-order valence-corrected chi connectivity index (χ1v) is 7.26. The maximum Gasteiger partial charge on any atom is 0.0707 e. The van der Waals surface area contributed by atoms with Crippen molar-refractivity contribution in [2.24, 2.45) is 0 Å². The zero-order valence-electron chi connectivity index (χ0n) is 12.0. The molecule has 1 N–H and O–H groups in total. The van der Waals surface area contributed by atoms with Crippen molar-refractivity contribution in [2.45, 2.75) is 65.2 Å². The quantitative estimate of drug-likeness (QED) is 0.706. The van der Waals surface area contributed by atoms with E-state index in [-0.39, 0.29) is 0 Å². The van der Waals surface area contributed by atoms with Crippen LogP contribution in [0.15, 0.2) is 0 Å². The summed E-state index contributed by atoms with van der Waals surface area (Å²) in [6, 6.07) is 0.560. The fraction of sp³-hybridized carbons (Fsp3) is 1.00. The minimum Gasteiger partial charge on any atom is -0.372 e. The topological polar surface area (TPSA) is 24.5 Å². The summed E-state index contributed by atoms with van der Waals surface area (Å²) < 4.78 is 6.09. The van der Waals surface area contributed by atoms with E-state index in [4.69, 9.17) is 4.74 Å². The standard InChI is InChI=1S/C14H30N2O/c1-5-9-16(6-2)11-14-8-7-13(17-14)10-15-12(3)4/h12-15H,5-11H2,1-4H3. The fourth-order valence-corrected chi connectivity index (χ4v) is 2.41. The number of likely N-dealkylation sites (N-methyl/N-ethyl adjacent to an activating group) is 1. The van der Waals surface area contributed by atoms with Crippen LogP contribution in [0.5, 0.6) is 0 Å². The molecule has 1 aliphatic heterocycles. The summed E-state index contributed by atoms with van der Waals surface area (Å²) >= 11 is 0. The highest BCUT2D eigenvalue weighted by molar-refractivity contribution is 4.78. The van der Waals surface area contributed by atoms with E-state index in [0.29, 0.717) is 18.2 Å². The van der Waals surface area contributed by atoms with Gasteiger partial charge in [-0.25, -0.2) is 0 Å². The lowest BCUT2D eigenvalue weighted by molar-refractivity contribution is 0.0235. The summed E-state index contributed by atoms with van der Waals surface area (Å²) in [5, 5.41) is 3.46. The largest absolute Gasteiger partial charge is 0.372 e. The SMILES string of the molecule is CCCN(CC)CC1CCC(CNC(C)C)O1. The van der Waals surface area contributed by atoms with Crippen molar-refractivity contribution in [3.63, 3.8) is 0 Å². The van der Waals surface area contributed by atoms with Gasteiger partial charge in [-0.1, -0.05) is 27.7 Å². The van der Waals surface area contributed by atoms with Crippen LogP contribution < -0.4 is 5.32 Å². The van der Waals surface area contributed by atoms with E-state index in [1.807, 2.05) is 0 Å². The van der Waals surface area contributed by atoms with Gasteiger partial charge < -0.3 is 15.0 Å². The van der Waals surface area contributed by atoms with Crippen LogP contribution in [0.2, 0.25) is 0 Å². The van der Waals surface area contributed by atoms with Crippen LogP contribution in [0.1, 0.15) is 47.0 Å². The van der Waals surface area contributed by atoms with Crippen LogP contribution in [0.25, 0.3) is 0 Å². The van der Waals surface area contributed by atoms with Crippen LogP contribution >= 0.6 is 0 Å². The molecule has 0 saturated carbocycles. The van der Waals surface area contributed by atoms with Crippen LogP contribution in [0.4, 0.5) is 0 Å². The smallest absolute Gasteiger partial charge is 0.0707 e. The Hall–Kier alpha value is -0.120. The van der Waals surface area contributed by atoms with Gasteiger partial charge in [-0.2, -0.15) is 0 Å². The van der Waals surface area contributed by atoms with Crippen molar-refractivity contribution >= 4 is 0 Å². The van der Waals surface area contributed by atoms with E-state index >= 15 is 0 Å². The Labute approximate surface area is 107 Å². The van der Waals surface area contributed by atoms with E-state index in [0.717, 1.165) is 19.6 Å². The Morgan fingerprint density at radius 2 is 1.94 bits per heavy atom. The molecule has 0 aromatic heterocycles. The van der Waals surface area contributed by atoms with E-state index in [9.17, 15) is 0 Å². The van der Waals surface area contributed by atoms with Gasteiger partial charge in [-0.15, -0.1) is 0 Å². The molecule has 17 heavy (non-hydrogen) atoms. The van der Waals surface area contributed by atoms with E-state index in [1.54, 1.807) is 0 Å². The predicted molar refractivity (Wildman–Crippen MR) is 73.4 cm³/mol. The van der Waals surface area contributed by atoms with Gasteiger partial charge in [0.25, 0.3) is 0 Å². The first-order valence-electron chi connectivity index (χ1n) is 7.26. The van der Waals surface area contributed by atoms with Crippen LogP contribution in [-0.4, -0.2) is 49.3 Å². The second-order valence-electron chi connectivity index (χ2n) is 5.41. The maximum atomic E-state index is 6.09. The minimum absolute atomic E-state index is 0.433. The third-order valence-electron chi connectivity index (χ3n) is 3.40. The van der Waals surface area contributed by atoms with Gasteiger partial charge in [0, 0.05) is 19.1 Å². The Morgan fingerprint density at radius 3 is 2.53 bits per heavy atom. The normalized spacial score (nSPS) is 25.1. The molecule has 1 fully saturated rings. The fourth-order valence-electron chi connectivity index (χ4n) is 2.41. The third kappa shape index (κ3) is 5.84. The third-order valence-corrected chi connectivity index (χ3v) is 3.40. The molecule has 1 heterocycles. The lowest BCUT2D eigenvalue weighted by Crippen LogP contribution is -2.35. The average Bonchev–Trinajstić information content (AvgIpc) is 2.73. The molecule has 3 nitrogen and oxygen atoms in total. The van der Waals surface area contributed by atoms with Crippen molar-refractivity contribution in [2.75, 3.05) is 26.2 Å². The highest BCUT2D eigenvalue weighted by atomic mass is 16.5. The molecule has 2 atom stereocenters. The second kappa shape index (κ2) is 8.06. The summed E-state index contributed by atoms with van der Waals surface area (Å²) in [5.41, 5.74) is 0. The molecule has 102 valence electrons. The van der Waals surface area contributed by atoms with E-state index in [1.165, 1.54) is 25.8 Å². The molecule has 0 aromatic carbocycles. The highest BCUT2D eigenvalue weighted by Crippen LogP contribution is 2.20. The second-order valence-corrected chi connectivity index (χ2v) is 5.41. The molecule has 0 radical (unpaired) electrons. The average molecular weight is 242 g/mol. The Kier molecular flexibility index (Phi) is 7.09. The zero-order chi connectivity index (χ0) is 12.7. The van der Waals surface area contributed by atoms with Crippen molar-refractivity contribution < 1.29 is 4.74 Å². The van der Waals surface area contributed by atoms with Crippen molar-refractivity contribution in [3.05, 3.63) is 0 Å². The molecule has 3 heteroatoms. The van der Waals surface area contributed by atoms with Crippen LogP contribution in [0, 0.1) is 0 Å². The molecule has 0 aromatic rings. The summed E-state index contributed by atoms with van der Waals surface area (Å²) in [4.78, 5) is 2.50. The lowest BCUT2D eigenvalue weighted by atomic mass is 10.2. The molecule has 2 unspecified atom stereocenters. The van der Waals surface area contributed by atoms with E-state index in [2.05, 4.69) is 37.9 Å². The summed E-state index contributed by atoms with van der Waals surface area (Å²) in [6.45, 7) is 13.3. The highest BCUT2D eigenvalue weighted by Gasteiger charge is 2.26. The number of rotatable bonds is 8. The number of nitrogens with one attached hydrogen (secondary N) is 1. The number of hydrogen-bond donors (Lipinski definition) is 1. The van der Waals surface area contributed by atoms with Crippen molar-refractivity contribution in [1.29, 1.82) is 0 Å². The summed E-state index contributed by atoms with van der Waals surface area (Å²) in [5.74, 6) is 0. The first-order chi connectivity index (χ1) is 8.15. The molecule has 0 spiro atoms. The van der Waals surface area contributed by atoms with Gasteiger partial charge in [-0.3, -0.25) is 0 Å². The van der Waals surface area contributed by atoms with E-state index < -0.39 is 0 Å². The zero-order valence-corrected chi connectivity index (χ0v) is 12.0. The van der Waals surface area contributed by atoms with Gasteiger partial charge in [0.2, 0.25) is 0 Å². The Bertz CT molecular complexity index is 197. The predicted octanol–water partition coefficient (Wildman–Crippen LogP) is 2.26. The number of ether oxygens (including phenoxy) is 1. The van der Waals surface area contributed by atoms with Gasteiger partial charge >= 0.3 is 0 Å². The maximum absolute atomic E-state index is 6.09. The van der Waals surface area contributed by atoms with Crippen molar-refractivity contribution in [3.8, 4) is 0 Å². The summed E-state index contributed by atoms with van der Waals surface area (Å²) in [6.07, 6.45) is 4.57. The van der Waals surface area contributed by atoms with Gasteiger partial charge in [0.05, 0.1) is 12.2 Å². The molecular formula is C14H30N2O. The van der Waals surface area contributed by atoms with Gasteiger partial charge in [-0.05, 0) is 32.4 Å². The molecule has 1 saturated heterocycles. The molecule has 0 aliphatic carbocycles. The first kappa shape index (κ1) is 14.9. The molecule has 0 bridgehead atoms. The monoisotopic (exact) mass is 242 g/mol. The molecule has 1 rings (SSSR count).